The van der Waals surface area contributed by atoms with Crippen molar-refractivity contribution in [2.75, 3.05) is 26.4 Å². The van der Waals surface area contributed by atoms with Crippen molar-refractivity contribution in [3.8, 4) is 91.2 Å². The first kappa shape index (κ1) is 54.6. The first-order valence-corrected chi connectivity index (χ1v) is 27.9. The Morgan fingerprint density at radius 3 is 0.946 bits per heavy atom. The molecule has 0 saturated heterocycles. The minimum absolute atomic E-state index is 0.642. The van der Waals surface area contributed by atoms with Gasteiger partial charge in [-0.1, -0.05) is 238 Å². The normalized spacial score (nSPS) is 10.8. The monoisotopic (exact) mass is 983 g/mol. The molecule has 74 heavy (non-hydrogen) atoms. The molecule has 0 aliphatic rings. The third kappa shape index (κ3) is 17.0. The van der Waals surface area contributed by atoms with Gasteiger partial charge in [-0.2, -0.15) is 0 Å². The summed E-state index contributed by atoms with van der Waals surface area (Å²) in [5.41, 5.74) is 12.4. The molecule has 0 unspecified atom stereocenters. The van der Waals surface area contributed by atoms with E-state index in [1.54, 1.807) is 0 Å². The molecule has 0 amide bonds. The zero-order chi connectivity index (χ0) is 51.4. The molecule has 4 nitrogen and oxygen atoms in total. The lowest BCUT2D eigenvalue weighted by Gasteiger charge is -2.14. The van der Waals surface area contributed by atoms with Crippen molar-refractivity contribution in [3.05, 3.63) is 180 Å². The van der Waals surface area contributed by atoms with Gasteiger partial charge in [-0.15, -0.1) is 0 Å². The van der Waals surface area contributed by atoms with E-state index in [9.17, 15) is 0 Å². The molecule has 0 aliphatic heterocycles. The maximum absolute atomic E-state index is 6.45. The van der Waals surface area contributed by atoms with Crippen molar-refractivity contribution >= 4 is 0 Å². The Labute approximate surface area is 444 Å². The van der Waals surface area contributed by atoms with Crippen LogP contribution in [0.5, 0.6) is 23.0 Å². The van der Waals surface area contributed by atoms with Crippen molar-refractivity contribution in [2.24, 2.45) is 0 Å². The van der Waals surface area contributed by atoms with Gasteiger partial charge in [0.25, 0.3) is 0 Å². The Balaban J connectivity index is 1.33. The van der Waals surface area contributed by atoms with E-state index in [1.165, 1.54) is 62.5 Å². The number of hydrogen-bond donors (Lipinski definition) is 0. The van der Waals surface area contributed by atoms with Crippen LogP contribution in [0.1, 0.15) is 153 Å². The van der Waals surface area contributed by atoms with E-state index in [2.05, 4.69) is 185 Å². The summed E-state index contributed by atoms with van der Waals surface area (Å²) in [6.07, 6.45) is 18.2. The molecule has 7 aromatic carbocycles. The Morgan fingerprint density at radius 2 is 0.595 bits per heavy atom. The van der Waals surface area contributed by atoms with E-state index >= 15 is 0 Å². The molecular weight excluding hydrogens is 905 g/mol. The summed E-state index contributed by atoms with van der Waals surface area (Å²) in [5.74, 6) is 17.5. The molecule has 4 heteroatoms. The Kier molecular flexibility index (Phi) is 22.7. The summed E-state index contributed by atoms with van der Waals surface area (Å²) in [6.45, 7) is 11.6. The molecule has 0 N–H and O–H groups in total. The van der Waals surface area contributed by atoms with Crippen LogP contribution >= 0.6 is 0 Å². The van der Waals surface area contributed by atoms with Crippen molar-refractivity contribution in [1.29, 1.82) is 0 Å². The molecule has 0 atom stereocenters. The summed E-state index contributed by atoms with van der Waals surface area (Å²) in [7, 11) is 0. The zero-order valence-corrected chi connectivity index (χ0v) is 44.8. The topological polar surface area (TPSA) is 36.9 Å². The van der Waals surface area contributed by atoms with E-state index in [0.717, 1.165) is 130 Å². The van der Waals surface area contributed by atoms with E-state index in [1.807, 2.05) is 24.3 Å². The molecular formula is C70H78O4. The highest BCUT2D eigenvalue weighted by molar-refractivity contribution is 5.84. The van der Waals surface area contributed by atoms with Gasteiger partial charge in [0.15, 0.2) is 23.0 Å². The maximum Gasteiger partial charge on any atom is 0.162 e. The quantitative estimate of drug-likeness (QED) is 0.0362. The van der Waals surface area contributed by atoms with Crippen LogP contribution in [0.25, 0.3) is 44.5 Å². The van der Waals surface area contributed by atoms with Crippen molar-refractivity contribution in [1.82, 2.24) is 0 Å². The molecule has 0 aliphatic carbocycles. The van der Waals surface area contributed by atoms with Crippen LogP contribution in [0, 0.1) is 23.7 Å². The van der Waals surface area contributed by atoms with E-state index in [0.29, 0.717) is 26.4 Å². The van der Waals surface area contributed by atoms with Gasteiger partial charge in [-0.3, -0.25) is 0 Å². The predicted molar refractivity (Wildman–Crippen MR) is 312 cm³/mol. The standard InChI is InChI=1S/C70H78O4/c1-5-9-13-23-47-71-67-45-33-55(51-69(67)73-49-25-15-11-7-3)31-35-63-53-64(36-32-56-34-46-68(72-48-24-14-10-6-2)70(52-56)74-50-26-16-12-8-4)66(62-43-39-60(40-44-62)58-29-21-18-22-30-58)54-65(63)61-41-37-59(38-42-61)57-27-19-17-20-28-57/h17-22,27-30,33-34,37-46,51-54H,5-16,23-26,47-50H2,1-4H3. The Hall–Kier alpha value is -7.14. The van der Waals surface area contributed by atoms with Gasteiger partial charge in [-0.05, 0) is 119 Å². The van der Waals surface area contributed by atoms with Gasteiger partial charge >= 0.3 is 0 Å². The second-order valence-electron chi connectivity index (χ2n) is 19.3. The van der Waals surface area contributed by atoms with E-state index in [4.69, 9.17) is 18.9 Å². The predicted octanol–water partition coefficient (Wildman–Crippen LogP) is 19.0. The second-order valence-corrected chi connectivity index (χ2v) is 19.3. The van der Waals surface area contributed by atoms with Crippen LogP contribution in [-0.4, -0.2) is 26.4 Å². The average Bonchev–Trinajstić information content (AvgIpc) is 3.45. The third-order valence-corrected chi connectivity index (χ3v) is 13.4. The van der Waals surface area contributed by atoms with Crippen LogP contribution in [0.3, 0.4) is 0 Å². The van der Waals surface area contributed by atoms with Gasteiger partial charge < -0.3 is 18.9 Å². The second kappa shape index (κ2) is 30.8. The molecule has 7 aromatic rings. The Morgan fingerprint density at radius 1 is 0.270 bits per heavy atom. The SMILES string of the molecule is CCCCCCOc1ccc(C#Cc2cc(C#Cc3ccc(OCCCCCC)c(OCCCCCC)c3)c(-c3ccc(-c4ccccc4)cc3)cc2-c2ccc(-c3ccccc3)cc2)cc1OCCCCCC. The van der Waals surface area contributed by atoms with E-state index < -0.39 is 0 Å². The van der Waals surface area contributed by atoms with Crippen molar-refractivity contribution in [2.45, 2.75) is 130 Å². The van der Waals surface area contributed by atoms with E-state index in [-0.39, 0.29) is 0 Å². The fourth-order valence-corrected chi connectivity index (χ4v) is 8.99. The molecule has 0 heterocycles. The molecule has 0 spiro atoms. The summed E-state index contributed by atoms with van der Waals surface area (Å²) in [5, 5.41) is 0. The smallest absolute Gasteiger partial charge is 0.162 e. The summed E-state index contributed by atoms with van der Waals surface area (Å²) >= 11 is 0. The van der Waals surface area contributed by atoms with Crippen molar-refractivity contribution in [3.63, 3.8) is 0 Å². The first-order valence-electron chi connectivity index (χ1n) is 27.9. The summed E-state index contributed by atoms with van der Waals surface area (Å²) in [4.78, 5) is 0. The van der Waals surface area contributed by atoms with Crippen LogP contribution in [0.2, 0.25) is 0 Å². The summed E-state index contributed by atoms with van der Waals surface area (Å²) in [6, 6.07) is 55.5. The lowest BCUT2D eigenvalue weighted by molar-refractivity contribution is 0.259. The fraction of sp³-hybridized carbons (Fsp3) is 0.343. The molecule has 0 aromatic heterocycles. The first-order chi connectivity index (χ1) is 36.6. The highest BCUT2D eigenvalue weighted by Gasteiger charge is 2.15. The zero-order valence-electron chi connectivity index (χ0n) is 44.8. The highest BCUT2D eigenvalue weighted by atomic mass is 16.5. The Bertz CT molecular complexity index is 2680. The highest BCUT2D eigenvalue weighted by Crippen LogP contribution is 2.36. The minimum Gasteiger partial charge on any atom is -0.490 e. The maximum atomic E-state index is 6.45. The number of rotatable bonds is 28. The molecule has 0 fully saturated rings. The third-order valence-electron chi connectivity index (χ3n) is 13.4. The number of unbranched alkanes of at least 4 members (excludes halogenated alkanes) is 12. The van der Waals surface area contributed by atoms with Crippen LogP contribution < -0.4 is 18.9 Å². The van der Waals surface area contributed by atoms with Crippen LogP contribution in [-0.2, 0) is 0 Å². The van der Waals surface area contributed by atoms with Gasteiger partial charge in [0.1, 0.15) is 0 Å². The fourth-order valence-electron chi connectivity index (χ4n) is 8.99. The molecule has 0 radical (unpaired) electrons. The minimum atomic E-state index is 0.642. The molecule has 7 rings (SSSR count). The lowest BCUT2D eigenvalue weighted by atomic mass is 9.89. The average molecular weight is 983 g/mol. The molecule has 0 bridgehead atoms. The van der Waals surface area contributed by atoms with Gasteiger partial charge in [-0.25, -0.2) is 0 Å². The lowest BCUT2D eigenvalue weighted by Crippen LogP contribution is -2.03. The largest absolute Gasteiger partial charge is 0.490 e. The van der Waals surface area contributed by atoms with Crippen LogP contribution in [0.4, 0.5) is 0 Å². The van der Waals surface area contributed by atoms with Gasteiger partial charge in [0.2, 0.25) is 0 Å². The van der Waals surface area contributed by atoms with Gasteiger partial charge in [0.05, 0.1) is 26.4 Å². The number of benzene rings is 7. The number of ether oxygens (including phenoxy) is 4. The molecule has 382 valence electrons. The number of hydrogen-bond acceptors (Lipinski definition) is 4. The van der Waals surface area contributed by atoms with Gasteiger partial charge in [0, 0.05) is 22.3 Å². The van der Waals surface area contributed by atoms with Crippen molar-refractivity contribution < 1.29 is 18.9 Å². The molecule has 0 saturated carbocycles. The van der Waals surface area contributed by atoms with Crippen LogP contribution in [0.15, 0.2) is 158 Å². The summed E-state index contributed by atoms with van der Waals surface area (Å²) < 4.78 is 25.6.